The highest BCUT2D eigenvalue weighted by molar-refractivity contribution is 5.67. The molecule has 0 saturated carbocycles. The van der Waals surface area contributed by atoms with Crippen LogP contribution in [0.2, 0.25) is 0 Å². The van der Waals surface area contributed by atoms with Gasteiger partial charge >= 0.3 is 12.3 Å². The molecule has 4 atom stereocenters. The van der Waals surface area contributed by atoms with Gasteiger partial charge in [0.1, 0.15) is 6.61 Å². The SMILES string of the molecule is CN(C)CCNC(=O)OC[C@H]1CC[C@@H]2[C@H](O1)c1cc(C(F)(F)F)ccc1N[C@H]2c1ccccc1. The fourth-order valence-electron chi connectivity index (χ4n) is 4.65. The van der Waals surface area contributed by atoms with Crippen LogP contribution in [0.4, 0.5) is 23.7 Å². The second kappa shape index (κ2) is 10.2. The lowest BCUT2D eigenvalue weighted by molar-refractivity contribution is -0.138. The molecule has 2 aliphatic heterocycles. The number of fused-ring (bicyclic) bond motifs is 3. The van der Waals surface area contributed by atoms with Crippen LogP contribution in [0.3, 0.4) is 0 Å². The topological polar surface area (TPSA) is 62.8 Å². The Morgan fingerprint density at radius 3 is 2.65 bits per heavy atom. The number of nitrogens with zero attached hydrogens (tertiary/aromatic N) is 1. The average Bonchev–Trinajstić information content (AvgIpc) is 2.81. The maximum Gasteiger partial charge on any atom is 0.416 e. The van der Waals surface area contributed by atoms with E-state index in [0.29, 0.717) is 30.8 Å². The number of amides is 1. The van der Waals surface area contributed by atoms with Crippen LogP contribution in [0.5, 0.6) is 0 Å². The molecule has 4 rings (SSSR count). The minimum absolute atomic E-state index is 0.0503. The first-order valence-electron chi connectivity index (χ1n) is 11.5. The van der Waals surface area contributed by atoms with Gasteiger partial charge < -0.3 is 25.0 Å². The predicted molar refractivity (Wildman–Crippen MR) is 122 cm³/mol. The minimum Gasteiger partial charge on any atom is -0.447 e. The highest BCUT2D eigenvalue weighted by atomic mass is 19.4. The average molecular weight is 478 g/mol. The summed E-state index contributed by atoms with van der Waals surface area (Å²) in [6, 6.07) is 13.5. The number of rotatable bonds is 6. The van der Waals surface area contributed by atoms with Gasteiger partial charge in [0.05, 0.1) is 23.8 Å². The Labute approximate surface area is 197 Å². The van der Waals surface area contributed by atoms with E-state index in [1.165, 1.54) is 12.1 Å². The Morgan fingerprint density at radius 2 is 1.94 bits per heavy atom. The molecule has 0 aliphatic carbocycles. The molecule has 34 heavy (non-hydrogen) atoms. The van der Waals surface area contributed by atoms with E-state index in [1.54, 1.807) is 0 Å². The zero-order chi connectivity index (χ0) is 24.3. The second-order valence-electron chi connectivity index (χ2n) is 9.08. The molecule has 184 valence electrons. The third-order valence-corrected chi connectivity index (χ3v) is 6.36. The fraction of sp³-hybridized carbons (Fsp3) is 0.480. The van der Waals surface area contributed by atoms with E-state index in [9.17, 15) is 18.0 Å². The van der Waals surface area contributed by atoms with Crippen molar-refractivity contribution in [2.24, 2.45) is 5.92 Å². The van der Waals surface area contributed by atoms with Crippen LogP contribution in [0, 0.1) is 5.92 Å². The van der Waals surface area contributed by atoms with Crippen molar-refractivity contribution in [1.82, 2.24) is 10.2 Å². The number of halogens is 3. The smallest absolute Gasteiger partial charge is 0.416 e. The second-order valence-corrected chi connectivity index (χ2v) is 9.08. The molecule has 1 fully saturated rings. The number of alkyl halides is 3. The Morgan fingerprint density at radius 1 is 1.18 bits per heavy atom. The van der Waals surface area contributed by atoms with Gasteiger partial charge in [-0.2, -0.15) is 13.2 Å². The summed E-state index contributed by atoms with van der Waals surface area (Å²) in [6.07, 6.45) is -4.53. The fourth-order valence-corrected chi connectivity index (χ4v) is 4.65. The van der Waals surface area contributed by atoms with E-state index in [1.807, 2.05) is 49.3 Å². The summed E-state index contributed by atoms with van der Waals surface area (Å²) in [4.78, 5) is 13.9. The standard InChI is InChI=1S/C25H30F3N3O3/c1-31(2)13-12-29-24(32)33-15-18-9-10-19-22(16-6-4-3-5-7-16)30-21-11-8-17(25(26,27)28)14-20(21)23(19)34-18/h3-8,11,14,18-19,22-23,30H,9-10,12-13,15H2,1-2H3,(H,29,32)/t18-,19+,22+,23+/m1/s1. The number of hydrogen-bond acceptors (Lipinski definition) is 5. The number of benzene rings is 2. The van der Waals surface area contributed by atoms with E-state index in [4.69, 9.17) is 9.47 Å². The maximum atomic E-state index is 13.4. The first kappa shape index (κ1) is 24.3. The van der Waals surface area contributed by atoms with Crippen LogP contribution in [0.25, 0.3) is 0 Å². The molecule has 0 aromatic heterocycles. The van der Waals surface area contributed by atoms with Crippen LogP contribution < -0.4 is 10.6 Å². The van der Waals surface area contributed by atoms with Gasteiger partial charge in [-0.15, -0.1) is 0 Å². The van der Waals surface area contributed by atoms with Crippen LogP contribution in [-0.4, -0.2) is 50.9 Å². The van der Waals surface area contributed by atoms with Crippen LogP contribution in [0.1, 0.15) is 41.7 Å². The van der Waals surface area contributed by atoms with Gasteiger partial charge in [-0.3, -0.25) is 0 Å². The lowest BCUT2D eigenvalue weighted by Gasteiger charge is -2.45. The van der Waals surface area contributed by atoms with Gasteiger partial charge in [-0.1, -0.05) is 30.3 Å². The van der Waals surface area contributed by atoms with Gasteiger partial charge in [-0.05, 0) is 50.7 Å². The molecule has 9 heteroatoms. The first-order chi connectivity index (χ1) is 16.2. The number of anilines is 1. The number of nitrogens with one attached hydrogen (secondary N) is 2. The third-order valence-electron chi connectivity index (χ3n) is 6.36. The molecule has 0 spiro atoms. The summed E-state index contributed by atoms with van der Waals surface area (Å²) in [7, 11) is 3.81. The Bertz CT molecular complexity index is 984. The molecule has 2 heterocycles. The predicted octanol–water partition coefficient (Wildman–Crippen LogP) is 5.00. The molecule has 2 aromatic carbocycles. The molecule has 2 aliphatic rings. The van der Waals surface area contributed by atoms with Crippen molar-refractivity contribution in [2.75, 3.05) is 39.1 Å². The van der Waals surface area contributed by atoms with Crippen LogP contribution in [0.15, 0.2) is 48.5 Å². The van der Waals surface area contributed by atoms with Gasteiger partial charge in [0, 0.05) is 30.3 Å². The summed E-state index contributed by atoms with van der Waals surface area (Å²) < 4.78 is 51.9. The van der Waals surface area contributed by atoms with Gasteiger partial charge in [0.2, 0.25) is 0 Å². The summed E-state index contributed by atoms with van der Waals surface area (Å²) in [5.41, 5.74) is 1.48. The van der Waals surface area contributed by atoms with E-state index < -0.39 is 30.0 Å². The summed E-state index contributed by atoms with van der Waals surface area (Å²) in [5.74, 6) is -0.0523. The first-order valence-corrected chi connectivity index (χ1v) is 11.5. The summed E-state index contributed by atoms with van der Waals surface area (Å²) in [6.45, 7) is 1.19. The minimum atomic E-state index is -4.44. The van der Waals surface area contributed by atoms with E-state index in [-0.39, 0.29) is 18.6 Å². The molecule has 1 saturated heterocycles. The van der Waals surface area contributed by atoms with Gasteiger partial charge in [0.15, 0.2) is 0 Å². The van der Waals surface area contributed by atoms with E-state index >= 15 is 0 Å². The molecular weight excluding hydrogens is 447 g/mol. The lowest BCUT2D eigenvalue weighted by Crippen LogP contribution is -2.41. The Balaban J connectivity index is 1.52. The zero-order valence-corrected chi connectivity index (χ0v) is 19.3. The highest BCUT2D eigenvalue weighted by Crippen LogP contribution is 2.51. The van der Waals surface area contributed by atoms with Crippen molar-refractivity contribution in [2.45, 2.75) is 37.3 Å². The molecule has 0 unspecified atom stereocenters. The van der Waals surface area contributed by atoms with Crippen LogP contribution in [-0.2, 0) is 15.7 Å². The monoisotopic (exact) mass is 477 g/mol. The summed E-state index contributed by atoms with van der Waals surface area (Å²) >= 11 is 0. The van der Waals surface area contributed by atoms with Crippen molar-refractivity contribution in [3.05, 3.63) is 65.2 Å². The maximum absolute atomic E-state index is 13.4. The number of likely N-dealkylation sites (N-methyl/N-ethyl adjacent to an activating group) is 1. The molecular formula is C25H30F3N3O3. The molecule has 1 amide bonds. The van der Waals surface area contributed by atoms with Crippen molar-refractivity contribution in [3.63, 3.8) is 0 Å². The number of alkyl carbamates (subject to hydrolysis) is 1. The molecule has 0 bridgehead atoms. The Hall–Kier alpha value is -2.78. The normalized spacial score (nSPS) is 24.1. The highest BCUT2D eigenvalue weighted by Gasteiger charge is 2.43. The molecule has 6 nitrogen and oxygen atoms in total. The molecule has 0 radical (unpaired) electrons. The largest absolute Gasteiger partial charge is 0.447 e. The quantitative estimate of drug-likeness (QED) is 0.614. The van der Waals surface area contributed by atoms with Gasteiger partial charge in [-0.25, -0.2) is 4.79 Å². The Kier molecular flexibility index (Phi) is 7.33. The number of carbonyl (C=O) groups is 1. The summed E-state index contributed by atoms with van der Waals surface area (Å²) in [5, 5.41) is 6.13. The van der Waals surface area contributed by atoms with Crippen molar-refractivity contribution >= 4 is 11.8 Å². The van der Waals surface area contributed by atoms with Crippen molar-refractivity contribution in [1.29, 1.82) is 0 Å². The number of carbonyl (C=O) groups excluding carboxylic acids is 1. The number of hydrogen-bond donors (Lipinski definition) is 2. The molecule has 2 N–H and O–H groups in total. The van der Waals surface area contributed by atoms with Crippen molar-refractivity contribution < 1.29 is 27.4 Å². The van der Waals surface area contributed by atoms with Crippen LogP contribution >= 0.6 is 0 Å². The van der Waals surface area contributed by atoms with E-state index in [2.05, 4.69) is 10.6 Å². The van der Waals surface area contributed by atoms with Crippen molar-refractivity contribution in [3.8, 4) is 0 Å². The zero-order valence-electron chi connectivity index (χ0n) is 19.3. The molecule has 2 aromatic rings. The number of ether oxygens (including phenoxy) is 2. The third kappa shape index (κ3) is 5.64. The van der Waals surface area contributed by atoms with E-state index in [0.717, 1.165) is 18.1 Å². The van der Waals surface area contributed by atoms with Gasteiger partial charge in [0.25, 0.3) is 0 Å². The lowest BCUT2D eigenvalue weighted by atomic mass is 9.76.